The minimum atomic E-state index is -1.08. The molecule has 0 bridgehead atoms. The number of aromatic nitrogens is 1. The average Bonchev–Trinajstić information content (AvgIpc) is 2.97. The van der Waals surface area contributed by atoms with Gasteiger partial charge in [-0.2, -0.15) is 0 Å². The number of hydrogen-bond acceptors (Lipinski definition) is 4. The van der Waals surface area contributed by atoms with Crippen molar-refractivity contribution in [2.75, 3.05) is 0 Å². The largest absolute Gasteiger partial charge is 0.476 e. The summed E-state index contributed by atoms with van der Waals surface area (Å²) in [6.45, 7) is 7.60. The van der Waals surface area contributed by atoms with Crippen LogP contribution in [0.2, 0.25) is 5.02 Å². The van der Waals surface area contributed by atoms with Gasteiger partial charge in [0, 0.05) is 17.6 Å². The van der Waals surface area contributed by atoms with Crippen molar-refractivity contribution < 1.29 is 14.3 Å². The molecule has 0 aliphatic carbocycles. The normalized spacial score (nSPS) is 12.8. The van der Waals surface area contributed by atoms with Crippen molar-refractivity contribution in [2.24, 2.45) is 5.92 Å². The van der Waals surface area contributed by atoms with E-state index in [1.165, 1.54) is 6.26 Å². The zero-order chi connectivity index (χ0) is 17.0. The highest BCUT2D eigenvalue weighted by Gasteiger charge is 2.21. The molecular weight excluding hydrogens is 316 g/mol. The number of aromatic carboxylic acids is 1. The van der Waals surface area contributed by atoms with Crippen molar-refractivity contribution >= 4 is 17.6 Å². The van der Waals surface area contributed by atoms with Gasteiger partial charge in [-0.25, -0.2) is 9.78 Å². The van der Waals surface area contributed by atoms with Gasteiger partial charge in [-0.3, -0.25) is 4.90 Å². The molecule has 0 aliphatic rings. The molecule has 124 valence electrons. The average molecular weight is 337 g/mol. The van der Waals surface area contributed by atoms with Crippen LogP contribution < -0.4 is 0 Å². The molecule has 0 fully saturated rings. The summed E-state index contributed by atoms with van der Waals surface area (Å²) in [5.41, 5.74) is 1.07. The Morgan fingerprint density at radius 1 is 1.26 bits per heavy atom. The fourth-order valence-electron chi connectivity index (χ4n) is 2.25. The van der Waals surface area contributed by atoms with Gasteiger partial charge in [0.25, 0.3) is 0 Å². The minimum absolute atomic E-state index is 0.0661. The maximum Gasteiger partial charge on any atom is 0.357 e. The molecular formula is C17H21ClN2O3. The molecule has 2 aromatic rings. The van der Waals surface area contributed by atoms with Crippen LogP contribution in [0.5, 0.6) is 0 Å². The van der Waals surface area contributed by atoms with Gasteiger partial charge in [0.05, 0.1) is 6.54 Å². The van der Waals surface area contributed by atoms with Gasteiger partial charge in [-0.15, -0.1) is 0 Å². The van der Waals surface area contributed by atoms with Crippen LogP contribution in [0.25, 0.3) is 0 Å². The second-order valence-corrected chi connectivity index (χ2v) is 6.38. The number of benzene rings is 1. The number of rotatable bonds is 7. The third-order valence-corrected chi connectivity index (χ3v) is 4.20. The molecule has 2 rings (SSSR count). The lowest BCUT2D eigenvalue weighted by Gasteiger charge is -2.30. The van der Waals surface area contributed by atoms with Crippen LogP contribution in [0.15, 0.2) is 34.9 Å². The molecule has 0 spiro atoms. The van der Waals surface area contributed by atoms with Crippen LogP contribution in [0.4, 0.5) is 0 Å². The van der Waals surface area contributed by atoms with E-state index >= 15 is 0 Å². The number of carboxylic acids is 1. The van der Waals surface area contributed by atoms with Gasteiger partial charge in [0.2, 0.25) is 5.89 Å². The molecule has 0 saturated carbocycles. The summed E-state index contributed by atoms with van der Waals surface area (Å²) in [6.07, 6.45) is 1.18. The van der Waals surface area contributed by atoms with E-state index in [-0.39, 0.29) is 11.7 Å². The molecule has 1 atom stereocenters. The maximum absolute atomic E-state index is 10.9. The SMILES string of the molecule is CC(C)C(C)N(Cc1ccc(Cl)cc1)Cc1nc(C(=O)O)co1. The van der Waals surface area contributed by atoms with E-state index in [0.717, 1.165) is 5.56 Å². The number of oxazole rings is 1. The van der Waals surface area contributed by atoms with E-state index in [1.54, 1.807) is 0 Å². The Hall–Kier alpha value is -1.85. The fourth-order valence-corrected chi connectivity index (χ4v) is 2.37. The lowest BCUT2D eigenvalue weighted by molar-refractivity contribution is 0.0690. The third-order valence-electron chi connectivity index (χ3n) is 3.95. The first kappa shape index (κ1) is 17.5. The number of nitrogens with zero attached hydrogens (tertiary/aromatic N) is 2. The molecule has 0 saturated heterocycles. The molecule has 1 heterocycles. The Morgan fingerprint density at radius 2 is 1.91 bits per heavy atom. The Labute approximate surface area is 140 Å². The number of carbonyl (C=O) groups is 1. The Bertz CT molecular complexity index is 652. The number of halogens is 1. The zero-order valence-corrected chi connectivity index (χ0v) is 14.2. The van der Waals surface area contributed by atoms with Crippen LogP contribution in [-0.2, 0) is 13.1 Å². The zero-order valence-electron chi connectivity index (χ0n) is 13.5. The van der Waals surface area contributed by atoms with E-state index in [1.807, 2.05) is 24.3 Å². The highest BCUT2D eigenvalue weighted by Crippen LogP contribution is 2.19. The molecule has 23 heavy (non-hydrogen) atoms. The van der Waals surface area contributed by atoms with Crippen LogP contribution in [0, 0.1) is 5.92 Å². The van der Waals surface area contributed by atoms with Gasteiger partial charge < -0.3 is 9.52 Å². The summed E-state index contributed by atoms with van der Waals surface area (Å²) in [5, 5.41) is 9.65. The van der Waals surface area contributed by atoms with Crippen molar-refractivity contribution in [3.63, 3.8) is 0 Å². The van der Waals surface area contributed by atoms with Crippen LogP contribution in [-0.4, -0.2) is 27.0 Å². The predicted octanol–water partition coefficient (Wildman–Crippen LogP) is 4.07. The Balaban J connectivity index is 2.16. The number of hydrogen-bond donors (Lipinski definition) is 1. The Kier molecular flexibility index (Phi) is 5.80. The van der Waals surface area contributed by atoms with Crippen LogP contribution in [0.3, 0.4) is 0 Å². The molecule has 0 amide bonds. The highest BCUT2D eigenvalue weighted by molar-refractivity contribution is 6.30. The van der Waals surface area contributed by atoms with Crippen molar-refractivity contribution in [3.05, 3.63) is 52.7 Å². The highest BCUT2D eigenvalue weighted by atomic mass is 35.5. The minimum Gasteiger partial charge on any atom is -0.476 e. The van der Waals surface area contributed by atoms with Gasteiger partial charge in [-0.1, -0.05) is 37.6 Å². The first-order valence-electron chi connectivity index (χ1n) is 7.53. The Morgan fingerprint density at radius 3 is 2.43 bits per heavy atom. The molecule has 1 aromatic heterocycles. The summed E-state index contributed by atoms with van der Waals surface area (Å²) in [5.74, 6) is -0.235. The second kappa shape index (κ2) is 7.62. The molecule has 1 N–H and O–H groups in total. The molecule has 0 aliphatic heterocycles. The van der Waals surface area contributed by atoms with Crippen molar-refractivity contribution in [1.82, 2.24) is 9.88 Å². The van der Waals surface area contributed by atoms with Crippen molar-refractivity contribution in [3.8, 4) is 0 Å². The van der Waals surface area contributed by atoms with E-state index in [4.69, 9.17) is 21.1 Å². The second-order valence-electron chi connectivity index (χ2n) is 5.95. The van der Waals surface area contributed by atoms with Crippen LogP contribution in [0.1, 0.15) is 42.7 Å². The molecule has 0 radical (unpaired) electrons. The summed E-state index contributed by atoms with van der Waals surface area (Å²) in [6, 6.07) is 7.98. The monoisotopic (exact) mass is 336 g/mol. The van der Waals surface area contributed by atoms with Crippen molar-refractivity contribution in [2.45, 2.75) is 39.9 Å². The topological polar surface area (TPSA) is 66.6 Å². The van der Waals surface area contributed by atoms with Gasteiger partial charge in [0.15, 0.2) is 5.69 Å². The quantitative estimate of drug-likeness (QED) is 0.825. The first-order chi connectivity index (χ1) is 10.9. The van der Waals surface area contributed by atoms with Gasteiger partial charge in [0.1, 0.15) is 6.26 Å². The fraction of sp³-hybridized carbons (Fsp3) is 0.412. The standard InChI is InChI=1S/C17H21ClN2O3/c1-11(2)12(3)20(8-13-4-6-14(18)7-5-13)9-16-19-15(10-23-16)17(21)22/h4-7,10-12H,8-9H2,1-3H3,(H,21,22). The number of carboxylic acid groups (broad SMARTS) is 1. The van der Waals surface area contributed by atoms with E-state index in [0.29, 0.717) is 29.9 Å². The smallest absolute Gasteiger partial charge is 0.357 e. The lowest BCUT2D eigenvalue weighted by atomic mass is 10.0. The third kappa shape index (κ3) is 4.81. The van der Waals surface area contributed by atoms with Crippen LogP contribution >= 0.6 is 11.6 Å². The molecule has 5 nitrogen and oxygen atoms in total. The molecule has 1 unspecified atom stereocenters. The van der Waals surface area contributed by atoms with Gasteiger partial charge >= 0.3 is 5.97 Å². The summed E-state index contributed by atoms with van der Waals surface area (Å²) in [7, 11) is 0. The van der Waals surface area contributed by atoms with E-state index < -0.39 is 5.97 Å². The molecule has 1 aromatic carbocycles. The summed E-state index contributed by atoms with van der Waals surface area (Å²) < 4.78 is 5.29. The first-order valence-corrected chi connectivity index (χ1v) is 7.90. The summed E-state index contributed by atoms with van der Waals surface area (Å²) >= 11 is 5.93. The lowest BCUT2D eigenvalue weighted by Crippen LogP contribution is -2.35. The van der Waals surface area contributed by atoms with Crippen molar-refractivity contribution in [1.29, 1.82) is 0 Å². The van der Waals surface area contributed by atoms with Gasteiger partial charge in [-0.05, 0) is 30.5 Å². The van der Waals surface area contributed by atoms with E-state index in [2.05, 4.69) is 30.7 Å². The molecule has 6 heteroatoms. The predicted molar refractivity (Wildman–Crippen MR) is 88.5 cm³/mol. The maximum atomic E-state index is 10.9. The van der Waals surface area contributed by atoms with E-state index in [9.17, 15) is 4.79 Å². The summed E-state index contributed by atoms with van der Waals surface area (Å²) in [4.78, 5) is 17.1.